The van der Waals surface area contributed by atoms with Crippen LogP contribution in [0.4, 0.5) is 10.3 Å². The number of nitrogens with two attached hydrogens (primary N) is 1. The second kappa shape index (κ2) is 4.10. The van der Waals surface area contributed by atoms with Gasteiger partial charge in [0.05, 0.1) is 17.6 Å². The molecular weight excluding hydrogens is 249 g/mol. The first-order valence-electron chi connectivity index (χ1n) is 5.60. The van der Waals surface area contributed by atoms with E-state index in [1.807, 2.05) is 4.57 Å². The summed E-state index contributed by atoms with van der Waals surface area (Å²) in [6.07, 6.45) is 0. The van der Waals surface area contributed by atoms with Crippen molar-refractivity contribution >= 4 is 28.3 Å². The minimum absolute atomic E-state index is 0.292. The summed E-state index contributed by atoms with van der Waals surface area (Å²) in [5.41, 5.74) is 7.35. The van der Waals surface area contributed by atoms with Crippen LogP contribution in [0.1, 0.15) is 9.75 Å². The Morgan fingerprint density at radius 2 is 2.17 bits per heavy atom. The fraction of sp³-hybridized carbons (Fsp3) is 0.154. The summed E-state index contributed by atoms with van der Waals surface area (Å²) in [6.45, 7) is 2.74. The summed E-state index contributed by atoms with van der Waals surface area (Å²) in [6, 6.07) is 8.71. The number of nitrogen functional groups attached to an aromatic ring is 1. The van der Waals surface area contributed by atoms with Gasteiger partial charge in [-0.1, -0.05) is 0 Å². The molecule has 0 saturated carbocycles. The normalized spacial score (nSPS) is 11.2. The van der Waals surface area contributed by atoms with Gasteiger partial charge in [0.1, 0.15) is 5.82 Å². The molecule has 0 radical (unpaired) electrons. The smallest absolute Gasteiger partial charge is 0.201 e. The first-order valence-corrected chi connectivity index (χ1v) is 6.42. The molecule has 18 heavy (non-hydrogen) atoms. The maximum atomic E-state index is 13.1. The Bertz CT molecular complexity index is 714. The van der Waals surface area contributed by atoms with Crippen molar-refractivity contribution in [3.8, 4) is 0 Å². The second-order valence-electron chi connectivity index (χ2n) is 4.20. The summed E-state index contributed by atoms with van der Waals surface area (Å²) in [4.78, 5) is 6.66. The second-order valence-corrected chi connectivity index (χ2v) is 5.57. The number of anilines is 1. The Labute approximate surface area is 108 Å². The lowest BCUT2D eigenvalue weighted by molar-refractivity contribution is 0.629. The van der Waals surface area contributed by atoms with Crippen LogP contribution in [0.25, 0.3) is 11.0 Å². The van der Waals surface area contributed by atoms with E-state index >= 15 is 0 Å². The standard InChI is InChI=1S/C13H12FN3S/c1-8-2-4-10(18-8)7-17-12-5-3-9(14)6-11(12)16-13(17)15/h2-6H,7H2,1H3,(H2,15,16). The Morgan fingerprint density at radius 3 is 2.89 bits per heavy atom. The molecule has 3 rings (SSSR count). The van der Waals surface area contributed by atoms with Crippen LogP contribution in [0.5, 0.6) is 0 Å². The van der Waals surface area contributed by atoms with Crippen LogP contribution < -0.4 is 5.73 Å². The molecule has 0 fully saturated rings. The lowest BCUT2D eigenvalue weighted by Gasteiger charge is -2.04. The van der Waals surface area contributed by atoms with E-state index < -0.39 is 0 Å². The highest BCUT2D eigenvalue weighted by molar-refractivity contribution is 7.11. The van der Waals surface area contributed by atoms with Crippen LogP contribution in [0, 0.1) is 12.7 Å². The number of hydrogen-bond donors (Lipinski definition) is 1. The number of benzene rings is 1. The Morgan fingerprint density at radius 1 is 1.33 bits per heavy atom. The van der Waals surface area contributed by atoms with Gasteiger partial charge in [0.2, 0.25) is 5.95 Å². The third kappa shape index (κ3) is 1.86. The first-order chi connectivity index (χ1) is 8.63. The predicted molar refractivity (Wildman–Crippen MR) is 72.3 cm³/mol. The van der Waals surface area contributed by atoms with Gasteiger partial charge >= 0.3 is 0 Å². The van der Waals surface area contributed by atoms with E-state index in [-0.39, 0.29) is 5.82 Å². The number of thiophene rings is 1. The molecule has 2 aromatic heterocycles. The van der Waals surface area contributed by atoms with Crippen molar-refractivity contribution in [3.63, 3.8) is 0 Å². The molecular formula is C13H12FN3S. The molecule has 0 atom stereocenters. The number of hydrogen-bond acceptors (Lipinski definition) is 3. The van der Waals surface area contributed by atoms with E-state index in [4.69, 9.17) is 5.73 Å². The molecule has 0 saturated heterocycles. The van der Waals surface area contributed by atoms with E-state index in [1.54, 1.807) is 17.4 Å². The van der Waals surface area contributed by atoms with Crippen LogP contribution in [0.3, 0.4) is 0 Å². The number of halogens is 1. The largest absolute Gasteiger partial charge is 0.369 e. The van der Waals surface area contributed by atoms with E-state index in [9.17, 15) is 4.39 Å². The zero-order chi connectivity index (χ0) is 12.7. The van der Waals surface area contributed by atoms with Gasteiger partial charge in [-0.2, -0.15) is 0 Å². The number of aromatic nitrogens is 2. The maximum Gasteiger partial charge on any atom is 0.201 e. The van der Waals surface area contributed by atoms with Crippen molar-refractivity contribution in [2.45, 2.75) is 13.5 Å². The molecule has 2 heterocycles. The van der Waals surface area contributed by atoms with Crippen molar-refractivity contribution in [3.05, 3.63) is 45.9 Å². The lowest BCUT2D eigenvalue weighted by atomic mass is 10.3. The van der Waals surface area contributed by atoms with Gasteiger partial charge in [0.15, 0.2) is 0 Å². The third-order valence-electron chi connectivity index (χ3n) is 2.85. The molecule has 0 spiro atoms. The summed E-state index contributed by atoms with van der Waals surface area (Å²) in [5.74, 6) is 0.126. The first kappa shape index (κ1) is 11.2. The fourth-order valence-electron chi connectivity index (χ4n) is 2.01. The summed E-state index contributed by atoms with van der Waals surface area (Å²) >= 11 is 1.73. The van der Waals surface area contributed by atoms with Crippen molar-refractivity contribution in [2.24, 2.45) is 0 Å². The Kier molecular flexibility index (Phi) is 2.56. The number of fused-ring (bicyclic) bond motifs is 1. The molecule has 5 heteroatoms. The molecule has 0 bridgehead atoms. The van der Waals surface area contributed by atoms with Gasteiger partial charge in [-0.05, 0) is 31.2 Å². The average molecular weight is 261 g/mol. The number of imidazole rings is 1. The van der Waals surface area contributed by atoms with Crippen molar-refractivity contribution in [1.82, 2.24) is 9.55 Å². The molecule has 2 N–H and O–H groups in total. The maximum absolute atomic E-state index is 13.1. The summed E-state index contributed by atoms with van der Waals surface area (Å²) in [7, 11) is 0. The molecule has 92 valence electrons. The van der Waals surface area contributed by atoms with Crippen molar-refractivity contribution < 1.29 is 4.39 Å². The number of aryl methyl sites for hydroxylation is 1. The quantitative estimate of drug-likeness (QED) is 0.770. The lowest BCUT2D eigenvalue weighted by Crippen LogP contribution is -2.03. The summed E-state index contributed by atoms with van der Waals surface area (Å²) in [5, 5.41) is 0. The fourth-order valence-corrected chi connectivity index (χ4v) is 2.89. The average Bonchev–Trinajstić information content (AvgIpc) is 2.84. The highest BCUT2D eigenvalue weighted by atomic mass is 32.1. The molecule has 0 aliphatic carbocycles. The van der Waals surface area contributed by atoms with Gasteiger partial charge in [0, 0.05) is 15.8 Å². The van der Waals surface area contributed by atoms with Crippen LogP contribution in [0.15, 0.2) is 30.3 Å². The van der Waals surface area contributed by atoms with Gasteiger partial charge in [-0.25, -0.2) is 9.37 Å². The zero-order valence-corrected chi connectivity index (χ0v) is 10.7. The molecule has 0 aliphatic heterocycles. The molecule has 0 aliphatic rings. The van der Waals surface area contributed by atoms with Gasteiger partial charge in [0.25, 0.3) is 0 Å². The molecule has 3 nitrogen and oxygen atoms in total. The van der Waals surface area contributed by atoms with Crippen molar-refractivity contribution in [1.29, 1.82) is 0 Å². The molecule has 1 aromatic carbocycles. The highest BCUT2D eigenvalue weighted by Crippen LogP contribution is 2.23. The Hall–Kier alpha value is -1.88. The van der Waals surface area contributed by atoms with Crippen LogP contribution >= 0.6 is 11.3 Å². The Balaban J connectivity index is 2.08. The number of nitrogens with zero attached hydrogens (tertiary/aromatic N) is 2. The monoisotopic (exact) mass is 261 g/mol. The number of rotatable bonds is 2. The topological polar surface area (TPSA) is 43.8 Å². The minimum atomic E-state index is -0.292. The van der Waals surface area contributed by atoms with Gasteiger partial charge in [-0.3, -0.25) is 0 Å². The predicted octanol–water partition coefficient (Wildman–Crippen LogP) is 3.18. The van der Waals surface area contributed by atoms with Crippen LogP contribution in [0.2, 0.25) is 0 Å². The van der Waals surface area contributed by atoms with Crippen molar-refractivity contribution in [2.75, 3.05) is 5.73 Å². The molecule has 0 amide bonds. The summed E-state index contributed by atoms with van der Waals surface area (Å²) < 4.78 is 15.0. The van der Waals surface area contributed by atoms with E-state index in [0.717, 1.165) is 5.52 Å². The van der Waals surface area contributed by atoms with Gasteiger partial charge in [-0.15, -0.1) is 11.3 Å². The van der Waals surface area contributed by atoms with E-state index in [2.05, 4.69) is 24.0 Å². The molecule has 0 unspecified atom stereocenters. The molecule has 3 aromatic rings. The van der Waals surface area contributed by atoms with E-state index in [1.165, 1.54) is 21.9 Å². The third-order valence-corrected chi connectivity index (χ3v) is 3.84. The highest BCUT2D eigenvalue weighted by Gasteiger charge is 2.10. The van der Waals surface area contributed by atoms with Gasteiger partial charge < -0.3 is 10.3 Å². The SMILES string of the molecule is Cc1ccc(Cn2c(N)nc3cc(F)ccc32)s1. The van der Waals surface area contributed by atoms with E-state index in [0.29, 0.717) is 18.0 Å². The minimum Gasteiger partial charge on any atom is -0.369 e. The van der Waals surface area contributed by atoms with Crippen LogP contribution in [-0.4, -0.2) is 9.55 Å². The van der Waals surface area contributed by atoms with Crippen LogP contribution in [-0.2, 0) is 6.54 Å². The zero-order valence-electron chi connectivity index (χ0n) is 9.85.